The van der Waals surface area contributed by atoms with E-state index < -0.39 is 6.09 Å². The molecule has 4 aromatic rings. The number of amides is 2. The summed E-state index contributed by atoms with van der Waals surface area (Å²) in [6.07, 6.45) is 12.7. The molecule has 0 saturated heterocycles. The molecule has 3 aromatic carbocycles. The zero-order valence-corrected chi connectivity index (χ0v) is 34.9. The van der Waals surface area contributed by atoms with Crippen molar-refractivity contribution < 1.29 is 28.5 Å². The summed E-state index contributed by atoms with van der Waals surface area (Å²) in [6.45, 7) is 15.7. The predicted octanol–water partition coefficient (Wildman–Crippen LogP) is 8.11. The van der Waals surface area contributed by atoms with Crippen molar-refractivity contribution in [2.45, 2.75) is 79.8 Å². The van der Waals surface area contributed by atoms with Crippen LogP contribution in [0.15, 0.2) is 88.5 Å². The molecule has 0 bridgehead atoms. The molecular weight excluding hydrogens is 735 g/mol. The number of nitrogens with one attached hydrogen (secondary N) is 2. The number of allylic oxidation sites excluding steroid dienone is 2. The molecule has 1 aromatic heterocycles. The monoisotopic (exact) mass is 793 g/mol. The van der Waals surface area contributed by atoms with Crippen molar-refractivity contribution >= 4 is 17.7 Å². The molecule has 13 heteroatoms. The first-order valence-corrected chi connectivity index (χ1v) is 20.2. The van der Waals surface area contributed by atoms with Gasteiger partial charge < -0.3 is 29.6 Å². The van der Waals surface area contributed by atoms with Crippen molar-refractivity contribution in [2.24, 2.45) is 15.4 Å². The minimum absolute atomic E-state index is 0.0273. The molecule has 0 spiro atoms. The smallest absolute Gasteiger partial charge is 0.407 e. The first-order valence-electron chi connectivity index (χ1n) is 20.2. The van der Waals surface area contributed by atoms with E-state index in [0.29, 0.717) is 69.6 Å². The average Bonchev–Trinajstić information content (AvgIpc) is 3.56. The van der Waals surface area contributed by atoms with E-state index >= 15 is 0 Å². The van der Waals surface area contributed by atoms with Gasteiger partial charge in [-0.15, -0.1) is 5.11 Å². The second-order valence-electron chi connectivity index (χ2n) is 14.7. The third kappa shape index (κ3) is 13.1. The zero-order valence-electron chi connectivity index (χ0n) is 34.9. The van der Waals surface area contributed by atoms with Crippen LogP contribution in [0.25, 0.3) is 11.4 Å². The minimum Gasteiger partial charge on any atom is -0.446 e. The summed E-state index contributed by atoms with van der Waals surface area (Å²) in [5.74, 6) is -0.211. The van der Waals surface area contributed by atoms with E-state index in [4.69, 9.17) is 18.9 Å². The van der Waals surface area contributed by atoms with Crippen molar-refractivity contribution in [3.05, 3.63) is 118 Å². The van der Waals surface area contributed by atoms with Crippen molar-refractivity contribution in [2.75, 3.05) is 52.7 Å². The summed E-state index contributed by atoms with van der Waals surface area (Å²) < 4.78 is 26.3. The quantitative estimate of drug-likeness (QED) is 0.0451. The Labute approximate surface area is 342 Å². The maximum Gasteiger partial charge on any atom is 0.407 e. The zero-order chi connectivity index (χ0) is 41.3. The Morgan fingerprint density at radius 3 is 1.76 bits per heavy atom. The molecule has 2 N–H and O–H groups in total. The summed E-state index contributed by atoms with van der Waals surface area (Å²) in [4.78, 5) is 24.8. The van der Waals surface area contributed by atoms with Crippen LogP contribution in [-0.4, -0.2) is 80.0 Å². The Kier molecular flexibility index (Phi) is 17.0. The number of alkyl carbamates (subject to hydrolysis) is 1. The number of nitrogens with zero attached hydrogens (tertiary/aromatic N) is 5. The van der Waals surface area contributed by atoms with Crippen LogP contribution in [0.4, 0.5) is 10.5 Å². The molecule has 0 fully saturated rings. The number of ether oxygens (including phenoxy) is 4. The van der Waals surface area contributed by atoms with Gasteiger partial charge in [0.1, 0.15) is 6.10 Å². The Morgan fingerprint density at radius 1 is 0.672 bits per heavy atom. The molecule has 2 amide bonds. The standard InChI is InChI=1S/C45H59N7O6/c1-32-28-34(3)41(35(4)29-32)51-20-21-52(42-36(5)30-33(2)31-37(42)6)44(51)49-50-48-39-16-14-38(15-17-39)43(53)46-18-22-55-24-26-57-27-25-56-23-19-47-45(54)58-40-12-10-8-7-9-11-13-40/h7-8,14-17,20-21,28-31,40H,9-13,18-19,22-27H2,1-6H3,(H,46,53)(H,47,54)/b8-7+,50-48?. The first kappa shape index (κ1) is 43.7. The summed E-state index contributed by atoms with van der Waals surface area (Å²) in [5, 5.41) is 18.9. The topological polar surface area (TPSA) is 142 Å². The van der Waals surface area contributed by atoms with Gasteiger partial charge in [0.25, 0.3) is 5.91 Å². The highest BCUT2D eigenvalue weighted by atomic mass is 16.6. The maximum absolute atomic E-state index is 12.7. The SMILES string of the molecule is Cc1cc(C)c(-n2ccn(-c3c(C)cc(C)cc3C)c2=NN=Nc2ccc(C(=O)NCCOCCOCCOCCNC(=O)OC3CC/C=C/CCC3)cc2)c(C)c1. The highest BCUT2D eigenvalue weighted by Gasteiger charge is 2.16. The molecule has 1 atom stereocenters. The van der Waals surface area contributed by atoms with Gasteiger partial charge in [0, 0.05) is 31.0 Å². The Bertz CT molecular complexity index is 1980. The van der Waals surface area contributed by atoms with Gasteiger partial charge in [0.05, 0.1) is 56.7 Å². The minimum atomic E-state index is -0.393. The Hall–Kier alpha value is -5.37. The van der Waals surface area contributed by atoms with Crippen LogP contribution >= 0.6 is 0 Å². The number of hydrogen-bond acceptors (Lipinski definition) is 8. The van der Waals surface area contributed by atoms with E-state index in [1.807, 2.05) is 12.4 Å². The third-order valence-corrected chi connectivity index (χ3v) is 9.76. The summed E-state index contributed by atoms with van der Waals surface area (Å²) in [7, 11) is 0. The van der Waals surface area contributed by atoms with Gasteiger partial charge in [-0.2, -0.15) is 0 Å². The van der Waals surface area contributed by atoms with Crippen LogP contribution in [-0.2, 0) is 18.9 Å². The summed E-state index contributed by atoms with van der Waals surface area (Å²) in [5.41, 5.74) is 10.7. The number of imidazole rings is 1. The fourth-order valence-corrected chi connectivity index (χ4v) is 7.27. The fourth-order valence-electron chi connectivity index (χ4n) is 7.27. The second kappa shape index (κ2) is 22.5. The molecule has 0 radical (unpaired) electrons. The number of carbonyl (C=O) groups is 2. The maximum atomic E-state index is 12.7. The van der Waals surface area contributed by atoms with Crippen LogP contribution in [0.2, 0.25) is 0 Å². The molecule has 310 valence electrons. The van der Waals surface area contributed by atoms with Gasteiger partial charge in [-0.05, 0) is 125 Å². The van der Waals surface area contributed by atoms with Crippen molar-refractivity contribution in [3.8, 4) is 11.4 Å². The second-order valence-corrected chi connectivity index (χ2v) is 14.7. The normalized spacial score (nSPS) is 14.8. The lowest BCUT2D eigenvalue weighted by atomic mass is 10.0. The van der Waals surface area contributed by atoms with Gasteiger partial charge >= 0.3 is 6.09 Å². The lowest BCUT2D eigenvalue weighted by molar-refractivity contribution is 0.0153. The molecule has 13 nitrogen and oxygen atoms in total. The molecule has 58 heavy (non-hydrogen) atoms. The van der Waals surface area contributed by atoms with Crippen LogP contribution in [0.1, 0.15) is 75.8 Å². The molecule has 5 rings (SSSR count). The number of hydrogen-bond donors (Lipinski definition) is 2. The van der Waals surface area contributed by atoms with Gasteiger partial charge in [0.15, 0.2) is 0 Å². The predicted molar refractivity (Wildman–Crippen MR) is 225 cm³/mol. The highest BCUT2D eigenvalue weighted by molar-refractivity contribution is 5.94. The molecule has 1 aliphatic rings. The molecule has 1 aliphatic carbocycles. The van der Waals surface area contributed by atoms with Crippen molar-refractivity contribution in [3.63, 3.8) is 0 Å². The summed E-state index contributed by atoms with van der Waals surface area (Å²) in [6, 6.07) is 15.6. The lowest BCUT2D eigenvalue weighted by Crippen LogP contribution is -2.31. The Morgan fingerprint density at radius 2 is 1.19 bits per heavy atom. The van der Waals surface area contributed by atoms with Crippen molar-refractivity contribution in [1.82, 2.24) is 19.8 Å². The van der Waals surface area contributed by atoms with Crippen LogP contribution < -0.4 is 16.3 Å². The number of benzene rings is 3. The van der Waals surface area contributed by atoms with Crippen molar-refractivity contribution in [1.29, 1.82) is 0 Å². The van der Waals surface area contributed by atoms with E-state index in [2.05, 4.69) is 113 Å². The van der Waals surface area contributed by atoms with Crippen LogP contribution in [0, 0.1) is 41.5 Å². The van der Waals surface area contributed by atoms with Gasteiger partial charge in [-0.25, -0.2) is 4.79 Å². The Balaban J connectivity index is 1.02. The van der Waals surface area contributed by atoms with Crippen LogP contribution in [0.5, 0.6) is 0 Å². The third-order valence-electron chi connectivity index (χ3n) is 9.76. The van der Waals surface area contributed by atoms with Gasteiger partial charge in [-0.1, -0.05) is 52.6 Å². The first-order chi connectivity index (χ1) is 28.1. The molecule has 0 aliphatic heterocycles. The van der Waals surface area contributed by atoms with Gasteiger partial charge in [-0.3, -0.25) is 13.9 Å². The highest BCUT2D eigenvalue weighted by Crippen LogP contribution is 2.23. The van der Waals surface area contributed by atoms with E-state index in [1.165, 1.54) is 11.1 Å². The molecule has 1 heterocycles. The summed E-state index contributed by atoms with van der Waals surface area (Å²) >= 11 is 0. The largest absolute Gasteiger partial charge is 0.446 e. The van der Waals surface area contributed by atoms with E-state index in [0.717, 1.165) is 65.7 Å². The number of aromatic nitrogens is 2. The number of rotatable bonds is 18. The van der Waals surface area contributed by atoms with Gasteiger partial charge in [0.2, 0.25) is 5.62 Å². The average molecular weight is 794 g/mol. The van der Waals surface area contributed by atoms with E-state index in [9.17, 15) is 9.59 Å². The fraction of sp³-hybridized carbons (Fsp3) is 0.444. The molecular formula is C45H59N7O6. The van der Waals surface area contributed by atoms with E-state index in [-0.39, 0.29) is 12.0 Å². The molecule has 1 unspecified atom stereocenters. The van der Waals surface area contributed by atoms with E-state index in [1.54, 1.807) is 24.3 Å². The van der Waals surface area contributed by atoms with Crippen LogP contribution in [0.3, 0.4) is 0 Å². The molecule has 0 saturated carbocycles. The lowest BCUT2D eigenvalue weighted by Gasteiger charge is -2.18. The number of aryl methyl sites for hydroxylation is 6. The number of carbonyl (C=O) groups excluding carboxylic acids is 2.